The van der Waals surface area contributed by atoms with E-state index in [4.69, 9.17) is 10.5 Å². The summed E-state index contributed by atoms with van der Waals surface area (Å²) in [5.74, 6) is 0.338. The van der Waals surface area contributed by atoms with Crippen LogP contribution in [0.3, 0.4) is 0 Å². The van der Waals surface area contributed by atoms with Crippen molar-refractivity contribution in [2.24, 2.45) is 5.73 Å². The van der Waals surface area contributed by atoms with Crippen molar-refractivity contribution in [3.63, 3.8) is 0 Å². The van der Waals surface area contributed by atoms with Gasteiger partial charge in [0.15, 0.2) is 0 Å². The highest BCUT2D eigenvalue weighted by atomic mass is 32.2. The lowest BCUT2D eigenvalue weighted by atomic mass is 10.2. The zero-order chi connectivity index (χ0) is 14.5. The smallest absolute Gasteiger partial charge is 0.244 e. The van der Waals surface area contributed by atoms with Crippen LogP contribution in [0.25, 0.3) is 0 Å². The molecule has 1 aromatic rings. The Bertz CT molecular complexity index is 515. The molecule has 0 spiro atoms. The molecule has 0 aliphatic carbocycles. The van der Waals surface area contributed by atoms with Crippen LogP contribution in [0.2, 0.25) is 0 Å². The van der Waals surface area contributed by atoms with Crippen molar-refractivity contribution < 1.29 is 13.2 Å². The molecule has 3 N–H and O–H groups in total. The van der Waals surface area contributed by atoms with Crippen LogP contribution < -0.4 is 15.2 Å². The number of nitrogens with one attached hydrogen (secondary N) is 1. The molecular weight excluding hydrogens is 264 g/mol. The minimum atomic E-state index is -3.61. The van der Waals surface area contributed by atoms with E-state index in [-0.39, 0.29) is 17.5 Å². The molecule has 0 bridgehead atoms. The maximum atomic E-state index is 12.4. The highest BCUT2D eigenvalue weighted by Crippen LogP contribution is 2.24. The second kappa shape index (κ2) is 6.88. The summed E-state index contributed by atoms with van der Waals surface area (Å²) >= 11 is 0. The fourth-order valence-corrected chi connectivity index (χ4v) is 3.39. The molecule has 19 heavy (non-hydrogen) atoms. The lowest BCUT2D eigenvalue weighted by Crippen LogP contribution is -2.40. The van der Waals surface area contributed by atoms with Gasteiger partial charge in [0.05, 0.1) is 7.11 Å². The van der Waals surface area contributed by atoms with Crippen molar-refractivity contribution in [1.82, 2.24) is 4.72 Å². The molecule has 1 aromatic carbocycles. The molecule has 0 amide bonds. The lowest BCUT2D eigenvalue weighted by Gasteiger charge is -2.17. The molecule has 0 saturated heterocycles. The van der Waals surface area contributed by atoms with Gasteiger partial charge < -0.3 is 10.5 Å². The van der Waals surface area contributed by atoms with Gasteiger partial charge in [-0.15, -0.1) is 0 Å². The Kier molecular flexibility index (Phi) is 5.78. The van der Waals surface area contributed by atoms with E-state index in [1.807, 2.05) is 19.9 Å². The summed E-state index contributed by atoms with van der Waals surface area (Å²) < 4.78 is 32.5. The topological polar surface area (TPSA) is 81.4 Å². The average Bonchev–Trinajstić information content (AvgIpc) is 2.38. The number of benzene rings is 1. The normalized spacial score (nSPS) is 13.3. The molecule has 0 aliphatic heterocycles. The van der Waals surface area contributed by atoms with Gasteiger partial charge in [0.1, 0.15) is 10.6 Å². The standard InChI is InChI=1S/C13H22N2O3S/c1-4-5-11(9-14)15-19(16,17)13-8-10(2)6-7-12(13)18-3/h6-8,11,15H,4-5,9,14H2,1-3H3. The minimum Gasteiger partial charge on any atom is -0.495 e. The van der Waals surface area contributed by atoms with Gasteiger partial charge in [-0.1, -0.05) is 19.4 Å². The van der Waals surface area contributed by atoms with Crippen LogP contribution in [0.5, 0.6) is 5.75 Å². The quantitative estimate of drug-likeness (QED) is 0.794. The van der Waals surface area contributed by atoms with Gasteiger partial charge in [0.2, 0.25) is 10.0 Å². The first kappa shape index (κ1) is 15.9. The molecule has 0 fully saturated rings. The number of nitrogens with two attached hydrogens (primary N) is 1. The van der Waals surface area contributed by atoms with Gasteiger partial charge in [-0.05, 0) is 31.0 Å². The predicted octanol–water partition coefficient (Wildman–Crippen LogP) is 1.41. The average molecular weight is 286 g/mol. The molecule has 1 rings (SSSR count). The molecule has 6 heteroatoms. The molecule has 0 radical (unpaired) electrons. The Balaban J connectivity index is 3.09. The number of methoxy groups -OCH3 is 1. The van der Waals surface area contributed by atoms with Gasteiger partial charge >= 0.3 is 0 Å². The molecule has 0 aliphatic rings. The van der Waals surface area contributed by atoms with Crippen molar-refractivity contribution in [1.29, 1.82) is 0 Å². The fourth-order valence-electron chi connectivity index (χ4n) is 1.85. The number of rotatable bonds is 7. The van der Waals surface area contributed by atoms with E-state index in [0.717, 1.165) is 12.0 Å². The summed E-state index contributed by atoms with van der Waals surface area (Å²) in [4.78, 5) is 0.157. The van der Waals surface area contributed by atoms with Crippen LogP contribution in [-0.2, 0) is 10.0 Å². The summed E-state index contributed by atoms with van der Waals surface area (Å²) in [5, 5.41) is 0. The zero-order valence-electron chi connectivity index (χ0n) is 11.6. The number of sulfonamides is 1. The third-order valence-electron chi connectivity index (χ3n) is 2.85. The van der Waals surface area contributed by atoms with E-state index >= 15 is 0 Å². The fraction of sp³-hybridized carbons (Fsp3) is 0.538. The Morgan fingerprint density at radius 2 is 2.11 bits per heavy atom. The maximum Gasteiger partial charge on any atom is 0.244 e. The maximum absolute atomic E-state index is 12.4. The van der Waals surface area contributed by atoms with Gasteiger partial charge in [0.25, 0.3) is 0 Å². The summed E-state index contributed by atoms with van der Waals surface area (Å²) in [6.45, 7) is 4.11. The van der Waals surface area contributed by atoms with E-state index in [1.165, 1.54) is 7.11 Å². The Morgan fingerprint density at radius 3 is 2.63 bits per heavy atom. The van der Waals surface area contributed by atoms with E-state index < -0.39 is 10.0 Å². The second-order valence-corrected chi connectivity index (χ2v) is 6.18. The summed E-state index contributed by atoms with van der Waals surface area (Å²) in [5.41, 5.74) is 6.45. The van der Waals surface area contributed by atoms with Gasteiger partial charge in [-0.3, -0.25) is 0 Å². The number of hydrogen-bond donors (Lipinski definition) is 2. The van der Waals surface area contributed by atoms with Gasteiger partial charge in [-0.2, -0.15) is 0 Å². The van der Waals surface area contributed by atoms with Gasteiger partial charge in [-0.25, -0.2) is 13.1 Å². The first-order chi connectivity index (χ1) is 8.94. The highest BCUT2D eigenvalue weighted by Gasteiger charge is 2.22. The lowest BCUT2D eigenvalue weighted by molar-refractivity contribution is 0.401. The van der Waals surface area contributed by atoms with Crippen LogP contribution in [0, 0.1) is 6.92 Å². The van der Waals surface area contributed by atoms with Crippen LogP contribution in [0.1, 0.15) is 25.3 Å². The summed E-state index contributed by atoms with van der Waals surface area (Å²) in [6.07, 6.45) is 1.58. The highest BCUT2D eigenvalue weighted by molar-refractivity contribution is 7.89. The van der Waals surface area contributed by atoms with Crippen molar-refractivity contribution in [2.45, 2.75) is 37.6 Å². The number of ether oxygens (including phenoxy) is 1. The molecular formula is C13H22N2O3S. The van der Waals surface area contributed by atoms with E-state index in [1.54, 1.807) is 12.1 Å². The summed E-state index contributed by atoms with van der Waals surface area (Å²) in [6, 6.07) is 4.81. The summed E-state index contributed by atoms with van der Waals surface area (Å²) in [7, 11) is -2.16. The monoisotopic (exact) mass is 286 g/mol. The molecule has 1 unspecified atom stereocenters. The first-order valence-corrected chi connectivity index (χ1v) is 7.80. The minimum absolute atomic E-state index is 0.157. The second-order valence-electron chi connectivity index (χ2n) is 4.50. The van der Waals surface area contributed by atoms with E-state index in [9.17, 15) is 8.42 Å². The van der Waals surface area contributed by atoms with Crippen molar-refractivity contribution in [3.05, 3.63) is 23.8 Å². The van der Waals surface area contributed by atoms with Crippen molar-refractivity contribution in [3.8, 4) is 5.75 Å². The third-order valence-corrected chi connectivity index (χ3v) is 4.39. The molecule has 5 nitrogen and oxygen atoms in total. The largest absolute Gasteiger partial charge is 0.495 e. The molecule has 0 aromatic heterocycles. The zero-order valence-corrected chi connectivity index (χ0v) is 12.5. The molecule has 0 saturated carbocycles. The van der Waals surface area contributed by atoms with Crippen LogP contribution in [0.15, 0.2) is 23.1 Å². The Hall–Kier alpha value is -1.11. The molecule has 108 valence electrons. The predicted molar refractivity (Wildman–Crippen MR) is 75.8 cm³/mol. The van der Waals surface area contributed by atoms with Gasteiger partial charge in [0, 0.05) is 12.6 Å². The molecule has 0 heterocycles. The number of aryl methyl sites for hydroxylation is 1. The van der Waals surface area contributed by atoms with E-state index in [0.29, 0.717) is 12.2 Å². The number of hydrogen-bond acceptors (Lipinski definition) is 4. The van der Waals surface area contributed by atoms with Crippen molar-refractivity contribution >= 4 is 10.0 Å². The van der Waals surface area contributed by atoms with E-state index in [2.05, 4.69) is 4.72 Å². The van der Waals surface area contributed by atoms with Crippen LogP contribution >= 0.6 is 0 Å². The SMILES string of the molecule is CCCC(CN)NS(=O)(=O)c1cc(C)ccc1OC. The van der Waals surface area contributed by atoms with Crippen LogP contribution in [-0.4, -0.2) is 28.1 Å². The molecule has 1 atom stereocenters. The van der Waals surface area contributed by atoms with Crippen LogP contribution in [0.4, 0.5) is 0 Å². The first-order valence-electron chi connectivity index (χ1n) is 6.31. The third kappa shape index (κ3) is 4.19. The Morgan fingerprint density at radius 1 is 1.42 bits per heavy atom. The Labute approximate surface area is 115 Å². The van der Waals surface area contributed by atoms with Crippen molar-refractivity contribution in [2.75, 3.05) is 13.7 Å².